The van der Waals surface area contributed by atoms with E-state index in [9.17, 15) is 4.79 Å². The lowest BCUT2D eigenvalue weighted by Gasteiger charge is -2.13. The standard InChI is InChI=1S/C25H27N5O3/c1-16-6-7-20(32-10-9-30(2)3)14-22(16)29-25-28-15-23(33-25)18-11-17(12-19(26)13-18)21-5-4-8-27-24(21)31/h4-8,11-15H,9-10,26H2,1-3H3,(H,27,31)(H,28,29). The highest BCUT2D eigenvalue weighted by Gasteiger charge is 2.12. The third kappa shape index (κ3) is 5.42. The van der Waals surface area contributed by atoms with Crippen LogP contribution in [0.2, 0.25) is 0 Å². The predicted molar refractivity (Wildman–Crippen MR) is 131 cm³/mol. The maximum atomic E-state index is 12.2. The third-order valence-electron chi connectivity index (χ3n) is 5.13. The van der Waals surface area contributed by atoms with Crippen molar-refractivity contribution in [3.05, 3.63) is 76.8 Å². The summed E-state index contributed by atoms with van der Waals surface area (Å²) in [7, 11) is 4.01. The van der Waals surface area contributed by atoms with Gasteiger partial charge in [0.2, 0.25) is 0 Å². The second-order valence-corrected chi connectivity index (χ2v) is 8.04. The fourth-order valence-electron chi connectivity index (χ4n) is 3.35. The third-order valence-corrected chi connectivity index (χ3v) is 5.13. The zero-order chi connectivity index (χ0) is 23.4. The summed E-state index contributed by atoms with van der Waals surface area (Å²) in [6.07, 6.45) is 3.22. The summed E-state index contributed by atoms with van der Waals surface area (Å²) < 4.78 is 11.8. The number of hydrogen-bond donors (Lipinski definition) is 3. The molecule has 4 aromatic rings. The first-order valence-electron chi connectivity index (χ1n) is 10.6. The Labute approximate surface area is 192 Å². The summed E-state index contributed by atoms with van der Waals surface area (Å²) in [5, 5.41) is 3.22. The van der Waals surface area contributed by atoms with Gasteiger partial charge in [-0.05, 0) is 68.5 Å². The molecule has 0 aliphatic heterocycles. The molecule has 0 unspecified atom stereocenters. The van der Waals surface area contributed by atoms with Crippen LogP contribution in [0.1, 0.15) is 5.56 Å². The maximum absolute atomic E-state index is 12.2. The van der Waals surface area contributed by atoms with Crippen molar-refractivity contribution in [2.75, 3.05) is 38.3 Å². The lowest BCUT2D eigenvalue weighted by Crippen LogP contribution is -2.19. The first kappa shape index (κ1) is 22.2. The van der Waals surface area contributed by atoms with Gasteiger partial charge in [0, 0.05) is 41.3 Å². The van der Waals surface area contributed by atoms with Crippen molar-refractivity contribution in [1.29, 1.82) is 0 Å². The van der Waals surface area contributed by atoms with Gasteiger partial charge in [-0.2, -0.15) is 0 Å². The second-order valence-electron chi connectivity index (χ2n) is 8.04. The minimum atomic E-state index is -0.183. The molecule has 2 heterocycles. The van der Waals surface area contributed by atoms with E-state index in [0.717, 1.165) is 29.1 Å². The van der Waals surface area contributed by atoms with E-state index in [2.05, 4.69) is 20.2 Å². The summed E-state index contributed by atoms with van der Waals surface area (Å²) in [6.45, 7) is 3.43. The average molecular weight is 446 g/mol. The molecule has 8 nitrogen and oxygen atoms in total. The highest BCUT2D eigenvalue weighted by Crippen LogP contribution is 2.31. The van der Waals surface area contributed by atoms with Crippen LogP contribution in [-0.4, -0.2) is 42.1 Å². The van der Waals surface area contributed by atoms with Gasteiger partial charge in [0.15, 0.2) is 5.76 Å². The van der Waals surface area contributed by atoms with Crippen LogP contribution in [0, 0.1) is 6.92 Å². The Balaban J connectivity index is 1.56. The smallest absolute Gasteiger partial charge is 0.299 e. The fraction of sp³-hybridized carbons (Fsp3) is 0.200. The zero-order valence-corrected chi connectivity index (χ0v) is 18.9. The van der Waals surface area contributed by atoms with Gasteiger partial charge in [0.1, 0.15) is 12.4 Å². The fourth-order valence-corrected chi connectivity index (χ4v) is 3.35. The van der Waals surface area contributed by atoms with Crippen molar-refractivity contribution in [2.24, 2.45) is 0 Å². The number of ether oxygens (including phenoxy) is 1. The molecule has 0 amide bonds. The molecule has 8 heteroatoms. The molecule has 0 saturated heterocycles. The molecule has 170 valence electrons. The van der Waals surface area contributed by atoms with Gasteiger partial charge in [0.05, 0.1) is 6.20 Å². The minimum absolute atomic E-state index is 0.183. The second kappa shape index (κ2) is 9.62. The maximum Gasteiger partial charge on any atom is 0.299 e. The van der Waals surface area contributed by atoms with E-state index >= 15 is 0 Å². The highest BCUT2D eigenvalue weighted by molar-refractivity contribution is 5.75. The monoisotopic (exact) mass is 445 g/mol. The average Bonchev–Trinajstić information content (AvgIpc) is 3.24. The first-order chi connectivity index (χ1) is 15.9. The van der Waals surface area contributed by atoms with Crippen LogP contribution in [0.15, 0.2) is 70.1 Å². The van der Waals surface area contributed by atoms with Crippen LogP contribution in [0.3, 0.4) is 0 Å². The topological polar surface area (TPSA) is 109 Å². The first-order valence-corrected chi connectivity index (χ1v) is 10.6. The number of benzene rings is 2. The molecule has 4 rings (SSSR count). The van der Waals surface area contributed by atoms with E-state index in [4.69, 9.17) is 14.9 Å². The number of anilines is 3. The number of aryl methyl sites for hydroxylation is 1. The number of aromatic amines is 1. The van der Waals surface area contributed by atoms with Crippen LogP contribution in [0.25, 0.3) is 22.5 Å². The highest BCUT2D eigenvalue weighted by atomic mass is 16.5. The summed E-state index contributed by atoms with van der Waals surface area (Å²) in [6, 6.07) is 15.1. The summed E-state index contributed by atoms with van der Waals surface area (Å²) in [4.78, 5) is 21.3. The van der Waals surface area contributed by atoms with Crippen molar-refractivity contribution >= 4 is 17.4 Å². The number of nitrogens with two attached hydrogens (primary N) is 1. The normalized spacial score (nSPS) is 11.0. The predicted octanol–water partition coefficient (Wildman–Crippen LogP) is 4.27. The lowest BCUT2D eigenvalue weighted by atomic mass is 10.0. The number of rotatable bonds is 8. The van der Waals surface area contributed by atoms with Crippen LogP contribution >= 0.6 is 0 Å². The van der Waals surface area contributed by atoms with Crippen molar-refractivity contribution in [1.82, 2.24) is 14.9 Å². The van der Waals surface area contributed by atoms with Gasteiger partial charge >= 0.3 is 0 Å². The van der Waals surface area contributed by atoms with E-state index in [-0.39, 0.29) is 5.56 Å². The van der Waals surface area contributed by atoms with E-state index in [1.54, 1.807) is 36.7 Å². The number of aromatic nitrogens is 2. The van der Waals surface area contributed by atoms with E-state index in [1.165, 1.54) is 0 Å². The molecule has 0 bridgehead atoms. The van der Waals surface area contributed by atoms with Gasteiger partial charge in [-0.3, -0.25) is 4.79 Å². The quantitative estimate of drug-likeness (QED) is 0.347. The van der Waals surface area contributed by atoms with E-state index in [0.29, 0.717) is 35.2 Å². The van der Waals surface area contributed by atoms with Crippen molar-refractivity contribution in [2.45, 2.75) is 6.92 Å². The number of hydrogen-bond acceptors (Lipinski definition) is 7. The Morgan fingerprint density at radius 2 is 1.97 bits per heavy atom. The molecular weight excluding hydrogens is 418 g/mol. The van der Waals surface area contributed by atoms with Crippen molar-refractivity contribution in [3.8, 4) is 28.2 Å². The van der Waals surface area contributed by atoms with E-state index in [1.807, 2.05) is 45.3 Å². The number of nitrogens with zero attached hydrogens (tertiary/aromatic N) is 2. The van der Waals surface area contributed by atoms with Crippen LogP contribution in [0.4, 0.5) is 17.4 Å². The lowest BCUT2D eigenvalue weighted by molar-refractivity contribution is 0.261. The van der Waals surface area contributed by atoms with Crippen LogP contribution < -0.4 is 21.3 Å². The van der Waals surface area contributed by atoms with Crippen LogP contribution in [0.5, 0.6) is 5.75 Å². The number of oxazole rings is 1. The Morgan fingerprint density at radius 3 is 2.76 bits per heavy atom. The molecule has 2 aromatic heterocycles. The molecule has 0 radical (unpaired) electrons. The SMILES string of the molecule is Cc1ccc(OCCN(C)C)cc1Nc1ncc(-c2cc(N)cc(-c3ccc[nH]c3=O)c2)o1. The molecule has 0 aliphatic carbocycles. The number of pyridine rings is 1. The number of nitrogens with one attached hydrogen (secondary N) is 2. The van der Waals surface area contributed by atoms with Crippen molar-refractivity contribution in [3.63, 3.8) is 0 Å². The summed E-state index contributed by atoms with van der Waals surface area (Å²) >= 11 is 0. The molecule has 4 N–H and O–H groups in total. The summed E-state index contributed by atoms with van der Waals surface area (Å²) in [5.74, 6) is 1.31. The molecule has 0 aliphatic rings. The Hall–Kier alpha value is -4.04. The van der Waals surface area contributed by atoms with Gasteiger partial charge in [0.25, 0.3) is 11.6 Å². The molecule has 0 atom stereocenters. The van der Waals surface area contributed by atoms with Gasteiger partial charge in [-0.25, -0.2) is 4.98 Å². The van der Waals surface area contributed by atoms with Gasteiger partial charge in [-0.1, -0.05) is 6.07 Å². The molecular formula is C25H27N5O3. The number of nitrogen functional groups attached to an aromatic ring is 1. The Kier molecular flexibility index (Phi) is 6.46. The van der Waals surface area contributed by atoms with Crippen molar-refractivity contribution < 1.29 is 9.15 Å². The molecule has 2 aromatic carbocycles. The Morgan fingerprint density at radius 1 is 1.15 bits per heavy atom. The molecule has 0 saturated carbocycles. The molecule has 0 spiro atoms. The number of likely N-dealkylation sites (N-methyl/N-ethyl adjacent to an activating group) is 1. The van der Waals surface area contributed by atoms with Gasteiger partial charge < -0.3 is 30.1 Å². The number of H-pyrrole nitrogens is 1. The molecule has 33 heavy (non-hydrogen) atoms. The van der Waals surface area contributed by atoms with Gasteiger partial charge in [-0.15, -0.1) is 0 Å². The van der Waals surface area contributed by atoms with E-state index < -0.39 is 0 Å². The molecule has 0 fully saturated rings. The Bertz CT molecular complexity index is 1310. The van der Waals surface area contributed by atoms with Crippen LogP contribution in [-0.2, 0) is 0 Å². The largest absolute Gasteiger partial charge is 0.492 e. The minimum Gasteiger partial charge on any atom is -0.492 e. The summed E-state index contributed by atoms with van der Waals surface area (Å²) in [5.41, 5.74) is 10.3. The zero-order valence-electron chi connectivity index (χ0n) is 18.9.